The lowest BCUT2D eigenvalue weighted by atomic mass is 9.97. The van der Waals surface area contributed by atoms with Crippen LogP contribution in [0, 0.1) is 6.92 Å². The first-order valence-electron chi connectivity index (χ1n) is 11.2. The van der Waals surface area contributed by atoms with Crippen molar-refractivity contribution in [3.8, 4) is 22.4 Å². The molecule has 1 saturated heterocycles. The lowest BCUT2D eigenvalue weighted by molar-refractivity contribution is 0.0736. The first kappa shape index (κ1) is 20.5. The third kappa shape index (κ3) is 3.48. The van der Waals surface area contributed by atoms with E-state index in [-0.39, 0.29) is 5.91 Å². The number of hydrogen-bond donors (Lipinski definition) is 1. The molecule has 1 aromatic carbocycles. The zero-order valence-corrected chi connectivity index (χ0v) is 18.8. The predicted octanol–water partition coefficient (Wildman–Crippen LogP) is 3.32. The van der Waals surface area contributed by atoms with E-state index in [4.69, 9.17) is 4.98 Å². The zero-order chi connectivity index (χ0) is 22.2. The molecule has 32 heavy (non-hydrogen) atoms. The highest BCUT2D eigenvalue weighted by Gasteiger charge is 2.21. The van der Waals surface area contributed by atoms with Crippen molar-refractivity contribution in [1.82, 2.24) is 29.4 Å². The van der Waals surface area contributed by atoms with Crippen molar-refractivity contribution in [1.29, 1.82) is 0 Å². The van der Waals surface area contributed by atoms with E-state index in [1.807, 2.05) is 47.9 Å². The summed E-state index contributed by atoms with van der Waals surface area (Å²) in [6.45, 7) is 7.33. The second-order valence-electron chi connectivity index (χ2n) is 8.29. The lowest BCUT2D eigenvalue weighted by Crippen LogP contribution is -2.46. The highest BCUT2D eigenvalue weighted by Crippen LogP contribution is 2.35. The van der Waals surface area contributed by atoms with Gasteiger partial charge in [-0.15, -0.1) is 0 Å². The van der Waals surface area contributed by atoms with Gasteiger partial charge in [0.25, 0.3) is 5.91 Å². The molecule has 4 aromatic rings. The normalized spacial score (nSPS) is 14.3. The first-order valence-corrected chi connectivity index (χ1v) is 11.2. The molecule has 0 atom stereocenters. The van der Waals surface area contributed by atoms with Crippen LogP contribution in [-0.4, -0.2) is 56.2 Å². The summed E-state index contributed by atoms with van der Waals surface area (Å²) in [6.07, 6.45) is 4.87. The smallest absolute Gasteiger partial charge is 0.254 e. The maximum atomic E-state index is 13.0. The number of nitrogens with one attached hydrogen (secondary N) is 1. The molecule has 7 heteroatoms. The van der Waals surface area contributed by atoms with Crippen LogP contribution < -0.4 is 5.32 Å². The largest absolute Gasteiger partial charge is 0.336 e. The summed E-state index contributed by atoms with van der Waals surface area (Å²) in [7, 11) is 1.94. The van der Waals surface area contributed by atoms with Crippen molar-refractivity contribution in [2.45, 2.75) is 20.3 Å². The highest BCUT2D eigenvalue weighted by atomic mass is 16.2. The summed E-state index contributed by atoms with van der Waals surface area (Å²) in [5.41, 5.74) is 7.88. The van der Waals surface area contributed by atoms with Crippen LogP contribution in [0.4, 0.5) is 0 Å². The number of aromatic nitrogens is 4. The van der Waals surface area contributed by atoms with Crippen LogP contribution in [0.1, 0.15) is 28.7 Å². The lowest BCUT2D eigenvalue weighted by Gasteiger charge is -2.27. The van der Waals surface area contributed by atoms with Crippen molar-refractivity contribution in [2.75, 3.05) is 26.2 Å². The Bertz CT molecular complexity index is 1300. The Morgan fingerprint density at radius 2 is 1.84 bits per heavy atom. The van der Waals surface area contributed by atoms with Crippen LogP contribution in [0.2, 0.25) is 0 Å². The van der Waals surface area contributed by atoms with Gasteiger partial charge in [-0.1, -0.05) is 31.2 Å². The van der Waals surface area contributed by atoms with Gasteiger partial charge in [0.05, 0.1) is 17.1 Å². The van der Waals surface area contributed by atoms with Crippen molar-refractivity contribution >= 4 is 11.6 Å². The second-order valence-corrected chi connectivity index (χ2v) is 8.29. The van der Waals surface area contributed by atoms with Gasteiger partial charge in [0, 0.05) is 62.3 Å². The minimum Gasteiger partial charge on any atom is -0.336 e. The third-order valence-corrected chi connectivity index (χ3v) is 6.20. The van der Waals surface area contributed by atoms with Crippen molar-refractivity contribution in [3.63, 3.8) is 0 Å². The van der Waals surface area contributed by atoms with Crippen LogP contribution >= 0.6 is 0 Å². The third-order valence-electron chi connectivity index (χ3n) is 6.20. The minimum absolute atomic E-state index is 0.0722. The number of benzene rings is 1. The summed E-state index contributed by atoms with van der Waals surface area (Å²) < 4.78 is 3.95. The molecular formula is C25H28N6O. The maximum Gasteiger partial charge on any atom is 0.254 e. The first-order chi connectivity index (χ1) is 15.6. The molecule has 164 valence electrons. The molecule has 1 N–H and O–H groups in total. The summed E-state index contributed by atoms with van der Waals surface area (Å²) in [5, 5.41) is 7.82. The molecule has 0 saturated carbocycles. The molecule has 0 bridgehead atoms. The minimum atomic E-state index is 0.0722. The Morgan fingerprint density at radius 1 is 1.09 bits per heavy atom. The number of imidazole rings is 1. The van der Waals surface area contributed by atoms with Gasteiger partial charge in [0.15, 0.2) is 0 Å². The van der Waals surface area contributed by atoms with E-state index in [2.05, 4.69) is 46.1 Å². The average molecular weight is 429 g/mol. The molecule has 1 aliphatic heterocycles. The predicted molar refractivity (Wildman–Crippen MR) is 126 cm³/mol. The molecule has 1 aliphatic rings. The molecule has 0 spiro atoms. The van der Waals surface area contributed by atoms with Crippen LogP contribution in [0.15, 0.2) is 48.8 Å². The Balaban J connectivity index is 1.61. The second kappa shape index (κ2) is 8.24. The van der Waals surface area contributed by atoms with Crippen LogP contribution in [-0.2, 0) is 13.5 Å². The van der Waals surface area contributed by atoms with Gasteiger partial charge in [-0.05, 0) is 31.0 Å². The van der Waals surface area contributed by atoms with E-state index in [0.717, 1.165) is 72.0 Å². The monoisotopic (exact) mass is 428 g/mol. The zero-order valence-electron chi connectivity index (χ0n) is 18.8. The van der Waals surface area contributed by atoms with E-state index in [9.17, 15) is 4.79 Å². The SMILES string of the molecule is CCc1c(-c2ccccc2-c2cn(C)nc2C)nc2cc(C(=O)N3CCNCC3)ccn12. The number of amides is 1. The fourth-order valence-electron chi connectivity index (χ4n) is 4.62. The Labute approximate surface area is 187 Å². The van der Waals surface area contributed by atoms with E-state index in [1.54, 1.807) is 0 Å². The molecule has 4 heterocycles. The number of aryl methyl sites for hydroxylation is 3. The Hall–Kier alpha value is -3.45. The van der Waals surface area contributed by atoms with Gasteiger partial charge >= 0.3 is 0 Å². The number of fused-ring (bicyclic) bond motifs is 1. The topological polar surface area (TPSA) is 67.5 Å². The fraction of sp³-hybridized carbons (Fsp3) is 0.320. The molecular weight excluding hydrogens is 400 g/mol. The van der Waals surface area contributed by atoms with Gasteiger partial charge in [-0.2, -0.15) is 5.10 Å². The van der Waals surface area contributed by atoms with Gasteiger partial charge in [-0.3, -0.25) is 9.48 Å². The number of pyridine rings is 1. The van der Waals surface area contributed by atoms with Crippen molar-refractivity contribution < 1.29 is 4.79 Å². The standard InChI is InChI=1S/C25H28N6O/c1-4-22-24(20-8-6-5-7-19(20)21-16-29(3)28-17(21)2)27-23-15-18(9-12-31(22)23)25(32)30-13-10-26-11-14-30/h5-9,12,15-16,26H,4,10-11,13-14H2,1-3H3. The molecule has 3 aromatic heterocycles. The number of hydrogen-bond acceptors (Lipinski definition) is 4. The molecule has 5 rings (SSSR count). The summed E-state index contributed by atoms with van der Waals surface area (Å²) in [6, 6.07) is 12.2. The van der Waals surface area contributed by atoms with Crippen LogP contribution in [0.25, 0.3) is 28.0 Å². The number of piperazine rings is 1. The molecule has 7 nitrogen and oxygen atoms in total. The van der Waals surface area contributed by atoms with E-state index in [1.165, 1.54) is 0 Å². The molecule has 0 unspecified atom stereocenters. The average Bonchev–Trinajstić information content (AvgIpc) is 3.37. The van der Waals surface area contributed by atoms with Crippen LogP contribution in [0.5, 0.6) is 0 Å². The maximum absolute atomic E-state index is 13.0. The Morgan fingerprint density at radius 3 is 2.53 bits per heavy atom. The quantitative estimate of drug-likeness (QED) is 0.542. The highest BCUT2D eigenvalue weighted by molar-refractivity contribution is 5.95. The number of nitrogens with zero attached hydrogens (tertiary/aromatic N) is 5. The number of carbonyl (C=O) groups is 1. The summed E-state index contributed by atoms with van der Waals surface area (Å²) in [4.78, 5) is 19.9. The number of rotatable bonds is 4. The van der Waals surface area contributed by atoms with Crippen molar-refractivity contribution in [2.24, 2.45) is 7.05 Å². The summed E-state index contributed by atoms with van der Waals surface area (Å²) >= 11 is 0. The fourth-order valence-corrected chi connectivity index (χ4v) is 4.62. The molecule has 1 amide bonds. The Kier molecular flexibility index (Phi) is 5.27. The van der Waals surface area contributed by atoms with Gasteiger partial charge < -0.3 is 14.6 Å². The van der Waals surface area contributed by atoms with E-state index < -0.39 is 0 Å². The number of carbonyl (C=O) groups excluding carboxylic acids is 1. The van der Waals surface area contributed by atoms with E-state index >= 15 is 0 Å². The molecule has 1 fully saturated rings. The summed E-state index contributed by atoms with van der Waals surface area (Å²) in [5.74, 6) is 0.0722. The van der Waals surface area contributed by atoms with Crippen LogP contribution in [0.3, 0.4) is 0 Å². The van der Waals surface area contributed by atoms with Gasteiger partial charge in [0.1, 0.15) is 5.65 Å². The van der Waals surface area contributed by atoms with Crippen molar-refractivity contribution in [3.05, 3.63) is 65.7 Å². The van der Waals surface area contributed by atoms with E-state index in [0.29, 0.717) is 5.56 Å². The van der Waals surface area contributed by atoms with Gasteiger partial charge in [-0.25, -0.2) is 4.98 Å². The van der Waals surface area contributed by atoms with Gasteiger partial charge in [0.2, 0.25) is 0 Å². The molecule has 0 aliphatic carbocycles. The molecule has 0 radical (unpaired) electrons.